The maximum absolute atomic E-state index is 15.2. The summed E-state index contributed by atoms with van der Waals surface area (Å²) in [5, 5.41) is 2.36. The van der Waals surface area contributed by atoms with Gasteiger partial charge in [-0.2, -0.15) is 0 Å². The molecule has 2 atom stereocenters. The summed E-state index contributed by atoms with van der Waals surface area (Å²) in [5.41, 5.74) is 4.47. The second-order valence-electron chi connectivity index (χ2n) is 20.4. The van der Waals surface area contributed by atoms with Crippen molar-refractivity contribution in [1.29, 1.82) is 0 Å². The molecule has 0 N–H and O–H groups in total. The molecule has 2 aliphatic heterocycles. The van der Waals surface area contributed by atoms with Crippen LogP contribution in [-0.2, 0) is 9.53 Å². The van der Waals surface area contributed by atoms with E-state index >= 15 is 4.79 Å². The molecule has 5 rings (SSSR count). The Labute approximate surface area is 434 Å². The summed E-state index contributed by atoms with van der Waals surface area (Å²) in [4.78, 5) is 22.4. The lowest BCUT2D eigenvalue weighted by Gasteiger charge is -2.30. The maximum Gasteiger partial charge on any atom is 0.260 e. The largest absolute Gasteiger partial charge is 0.356 e. The van der Waals surface area contributed by atoms with E-state index in [0.29, 0.717) is 25.2 Å². The molecule has 0 saturated heterocycles. The van der Waals surface area contributed by atoms with Crippen LogP contribution in [0.4, 0.5) is 11.4 Å². The fraction of sp³-hybridized carbons (Fsp3) is 0.712. The number of amides is 1. The second kappa shape index (κ2) is 33.2. The van der Waals surface area contributed by atoms with Gasteiger partial charge in [0.05, 0.1) is 25.4 Å². The zero-order chi connectivity index (χ0) is 47.5. The Morgan fingerprint density at radius 1 is 0.507 bits per heavy atom. The molecule has 2 aliphatic rings. The van der Waals surface area contributed by atoms with Gasteiger partial charge < -0.3 is 14.5 Å². The number of carbonyl (C=O) groups excluding carboxylic acids is 1. The van der Waals surface area contributed by atoms with Gasteiger partial charge in [0.15, 0.2) is 0 Å². The monoisotopic (exact) mass is 1080 g/mol. The van der Waals surface area contributed by atoms with Crippen molar-refractivity contribution in [1.82, 2.24) is 0 Å². The third-order valence-corrected chi connectivity index (χ3v) is 18.1. The van der Waals surface area contributed by atoms with Gasteiger partial charge in [-0.3, -0.25) is 4.79 Å². The fourth-order valence-corrected chi connectivity index (χ4v) is 13.6. The van der Waals surface area contributed by atoms with E-state index in [9.17, 15) is 0 Å². The highest BCUT2D eigenvalue weighted by molar-refractivity contribution is 9.11. The topological polar surface area (TPSA) is 32.8 Å². The number of nitrogens with zero attached hydrogens (tertiary/aromatic N) is 2. The number of thiophene rings is 2. The molecule has 67 heavy (non-hydrogen) atoms. The van der Waals surface area contributed by atoms with Gasteiger partial charge in [-0.15, -0.1) is 22.7 Å². The molecule has 8 heteroatoms. The van der Waals surface area contributed by atoms with Gasteiger partial charge in [0.25, 0.3) is 5.91 Å². The Balaban J connectivity index is 1.49. The van der Waals surface area contributed by atoms with Crippen LogP contribution < -0.4 is 20.2 Å². The van der Waals surface area contributed by atoms with Crippen LogP contribution in [0.25, 0.3) is 11.1 Å². The molecule has 0 radical (unpaired) electrons. The summed E-state index contributed by atoms with van der Waals surface area (Å²) in [6.45, 7) is 12.2. The summed E-state index contributed by atoms with van der Waals surface area (Å²) >= 11 is 11.1. The van der Waals surface area contributed by atoms with Crippen LogP contribution in [0.2, 0.25) is 0 Å². The molecule has 0 spiro atoms. The van der Waals surface area contributed by atoms with E-state index in [1.807, 2.05) is 0 Å². The number of anilines is 2. The van der Waals surface area contributed by atoms with Crippen molar-refractivity contribution >= 4 is 83.0 Å². The molecule has 1 aromatic carbocycles. The number of hydrogen-bond donors (Lipinski definition) is 0. The highest BCUT2D eigenvalue weighted by Crippen LogP contribution is 2.36. The lowest BCUT2D eigenvalue weighted by molar-refractivity contribution is -0.113. The summed E-state index contributed by atoms with van der Waals surface area (Å²) in [5.74, 6) is 1.29. The SMILES string of the molecule is CCCCCCCCCCC(CCCCCCCC)CN1COCC(c2ccc(Br)s2)=c2cc3c(cc21)=C(c1ccc(Br)s1)C(=O)N3CC(CCCCCCCC)CCCCCCCCCC. The summed E-state index contributed by atoms with van der Waals surface area (Å²) in [7, 11) is 0. The average molecular weight is 1090 g/mol. The quantitative estimate of drug-likeness (QED) is 0.0536. The third kappa shape index (κ3) is 19.2. The second-order valence-corrected chi connectivity index (χ2v) is 25.4. The van der Waals surface area contributed by atoms with Gasteiger partial charge in [0, 0.05) is 44.5 Å². The maximum atomic E-state index is 15.2. The molecule has 376 valence electrons. The number of ether oxygens (including phenoxy) is 1. The van der Waals surface area contributed by atoms with Crippen molar-refractivity contribution in [3.05, 3.63) is 64.2 Å². The molecule has 0 fully saturated rings. The minimum Gasteiger partial charge on any atom is -0.356 e. The Bertz CT molecular complexity index is 1960. The predicted molar refractivity (Wildman–Crippen MR) is 303 cm³/mol. The van der Waals surface area contributed by atoms with Crippen LogP contribution in [0.5, 0.6) is 0 Å². The zero-order valence-corrected chi connectivity index (χ0v) is 47.7. The smallest absolute Gasteiger partial charge is 0.260 e. The van der Waals surface area contributed by atoms with Crippen LogP contribution >= 0.6 is 54.5 Å². The van der Waals surface area contributed by atoms with E-state index in [1.54, 1.807) is 22.7 Å². The molecule has 2 unspecified atom stereocenters. The van der Waals surface area contributed by atoms with Crippen LogP contribution in [-0.4, -0.2) is 32.3 Å². The number of carbonyl (C=O) groups is 1. The number of fused-ring (bicyclic) bond motifs is 2. The third-order valence-electron chi connectivity index (χ3n) is 14.8. The first-order valence-corrected chi connectivity index (χ1v) is 31.2. The molecule has 4 heterocycles. The van der Waals surface area contributed by atoms with Crippen molar-refractivity contribution < 1.29 is 9.53 Å². The Hall–Kier alpha value is -1.45. The van der Waals surface area contributed by atoms with Crippen molar-refractivity contribution in [3.8, 4) is 0 Å². The normalized spacial score (nSPS) is 14.9. The lowest BCUT2D eigenvalue weighted by Crippen LogP contribution is -2.36. The zero-order valence-electron chi connectivity index (χ0n) is 42.9. The van der Waals surface area contributed by atoms with E-state index in [4.69, 9.17) is 4.74 Å². The van der Waals surface area contributed by atoms with Crippen molar-refractivity contribution in [3.63, 3.8) is 0 Å². The van der Waals surface area contributed by atoms with E-state index < -0.39 is 0 Å². The molecule has 4 nitrogen and oxygen atoms in total. The average Bonchev–Trinajstić information content (AvgIpc) is 3.99. The van der Waals surface area contributed by atoms with E-state index in [2.05, 4.69) is 106 Å². The predicted octanol–water partition coefficient (Wildman–Crippen LogP) is 18.7. The molecule has 3 aromatic rings. The molecule has 2 aromatic heterocycles. The number of halogens is 2. The van der Waals surface area contributed by atoms with E-state index in [-0.39, 0.29) is 5.91 Å². The van der Waals surface area contributed by atoms with Gasteiger partial charge in [-0.1, -0.05) is 207 Å². The van der Waals surface area contributed by atoms with E-state index in [1.165, 1.54) is 227 Å². The van der Waals surface area contributed by atoms with Crippen molar-refractivity contribution in [2.24, 2.45) is 11.8 Å². The fourth-order valence-electron chi connectivity index (χ4n) is 10.8. The number of hydrogen-bond acceptors (Lipinski definition) is 5. The number of benzene rings is 1. The molecule has 0 saturated carbocycles. The van der Waals surface area contributed by atoms with E-state index in [0.717, 1.165) is 42.0 Å². The highest BCUT2D eigenvalue weighted by atomic mass is 79.9. The lowest BCUT2D eigenvalue weighted by atomic mass is 9.93. The van der Waals surface area contributed by atoms with Gasteiger partial charge >= 0.3 is 0 Å². The molecular formula is C59H92Br2N2O2S2. The Morgan fingerprint density at radius 2 is 0.910 bits per heavy atom. The highest BCUT2D eigenvalue weighted by Gasteiger charge is 2.34. The van der Waals surface area contributed by atoms with Gasteiger partial charge in [0.1, 0.15) is 6.73 Å². The van der Waals surface area contributed by atoms with Gasteiger partial charge in [0.2, 0.25) is 0 Å². The van der Waals surface area contributed by atoms with Gasteiger partial charge in [-0.05, 0) is 106 Å². The molecule has 1 amide bonds. The van der Waals surface area contributed by atoms with Crippen LogP contribution in [0, 0.1) is 11.8 Å². The summed E-state index contributed by atoms with van der Waals surface area (Å²) < 4.78 is 8.95. The summed E-state index contributed by atoms with van der Waals surface area (Å²) in [6.07, 6.45) is 42.4. The van der Waals surface area contributed by atoms with Crippen molar-refractivity contribution in [2.45, 2.75) is 233 Å². The van der Waals surface area contributed by atoms with Gasteiger partial charge in [-0.25, -0.2) is 0 Å². The Kier molecular flexibility index (Phi) is 28.0. The standard InChI is InChI=1S/C59H92Br2N2O2S2/c1-5-9-13-17-21-23-27-30-34-47(33-29-25-19-15-11-7-3)43-62-46-65-45-51(54-37-39-56(60)66-54)49-41-53-50(42-52(49)62)58(55-38-40-57(61)67-55)59(64)63(53)44-48(35-31-26-20-16-12-8-4)36-32-28-24-22-18-14-10-6-2/h37-42,47-48H,5-36,43-46H2,1-4H3. The summed E-state index contributed by atoms with van der Waals surface area (Å²) in [6, 6.07) is 13.6. The first-order chi connectivity index (χ1) is 32.9. The Morgan fingerprint density at radius 3 is 1.34 bits per heavy atom. The number of unbranched alkanes of at least 4 members (excludes halogenated alkanes) is 24. The molecule has 0 bridgehead atoms. The molecule has 0 aliphatic carbocycles. The van der Waals surface area contributed by atoms with Crippen molar-refractivity contribution in [2.75, 3.05) is 36.2 Å². The first-order valence-electron chi connectivity index (χ1n) is 28.0. The first kappa shape index (κ1) is 56.5. The minimum atomic E-state index is 0.187. The van der Waals surface area contributed by atoms with Crippen LogP contribution in [0.1, 0.15) is 243 Å². The van der Waals surface area contributed by atoms with Crippen LogP contribution in [0.3, 0.4) is 0 Å². The molecular weight excluding hydrogens is 993 g/mol. The number of rotatable bonds is 38. The minimum absolute atomic E-state index is 0.187. The van der Waals surface area contributed by atoms with Crippen LogP contribution in [0.15, 0.2) is 44.0 Å².